The number of rotatable bonds is 3. The predicted octanol–water partition coefficient (Wildman–Crippen LogP) is 1.62. The second-order valence-corrected chi connectivity index (χ2v) is 3.14. The largest absolute Gasteiger partial charge is 0.465 e. The molecule has 0 saturated heterocycles. The summed E-state index contributed by atoms with van der Waals surface area (Å²) in [4.78, 5) is 22.4. The third kappa shape index (κ3) is 3.37. The zero-order valence-corrected chi connectivity index (χ0v) is 9.65. The van der Waals surface area contributed by atoms with Crippen molar-refractivity contribution >= 4 is 23.4 Å². The summed E-state index contributed by atoms with van der Waals surface area (Å²) in [6.07, 6.45) is -0.593. The average molecular weight is 238 g/mol. The normalized spacial score (nSPS) is 9.53. The van der Waals surface area contributed by atoms with Gasteiger partial charge in [0.25, 0.3) is 0 Å². The van der Waals surface area contributed by atoms with Crippen molar-refractivity contribution in [3.05, 3.63) is 23.8 Å². The Hall–Kier alpha value is -2.24. The molecule has 1 aromatic rings. The van der Waals surface area contributed by atoms with Crippen molar-refractivity contribution in [1.82, 2.24) is 0 Å². The van der Waals surface area contributed by atoms with E-state index in [1.54, 1.807) is 6.92 Å². The van der Waals surface area contributed by atoms with Crippen LogP contribution in [0, 0.1) is 0 Å². The topological polar surface area (TPSA) is 90.6 Å². The van der Waals surface area contributed by atoms with Crippen molar-refractivity contribution in [2.75, 3.05) is 24.8 Å². The minimum atomic E-state index is -0.593. The molecule has 0 aliphatic carbocycles. The number of nitrogens with two attached hydrogens (primary N) is 1. The van der Waals surface area contributed by atoms with E-state index in [1.807, 2.05) is 0 Å². The molecule has 0 saturated carbocycles. The molecule has 92 valence electrons. The van der Waals surface area contributed by atoms with Crippen molar-refractivity contribution < 1.29 is 19.1 Å². The second kappa shape index (κ2) is 5.74. The van der Waals surface area contributed by atoms with E-state index in [4.69, 9.17) is 10.5 Å². The number of carbonyl (C=O) groups excluding carboxylic acids is 2. The number of anilines is 2. The Morgan fingerprint density at radius 1 is 1.41 bits per heavy atom. The summed E-state index contributed by atoms with van der Waals surface area (Å²) in [6, 6.07) is 4.44. The van der Waals surface area contributed by atoms with E-state index in [2.05, 4.69) is 10.1 Å². The van der Waals surface area contributed by atoms with E-state index in [-0.39, 0.29) is 12.3 Å². The Morgan fingerprint density at radius 2 is 2.12 bits per heavy atom. The van der Waals surface area contributed by atoms with Gasteiger partial charge in [-0.3, -0.25) is 5.32 Å². The molecule has 6 nitrogen and oxygen atoms in total. The summed E-state index contributed by atoms with van der Waals surface area (Å²) in [5.74, 6) is -0.487. The molecule has 0 unspecified atom stereocenters. The molecule has 0 fully saturated rings. The van der Waals surface area contributed by atoms with Crippen LogP contribution >= 0.6 is 0 Å². The van der Waals surface area contributed by atoms with Gasteiger partial charge in [0.05, 0.1) is 30.7 Å². The predicted molar refractivity (Wildman–Crippen MR) is 62.8 cm³/mol. The van der Waals surface area contributed by atoms with E-state index >= 15 is 0 Å². The molecule has 0 aromatic heterocycles. The molecule has 3 N–H and O–H groups in total. The van der Waals surface area contributed by atoms with Crippen LogP contribution in [0.25, 0.3) is 0 Å². The van der Waals surface area contributed by atoms with Gasteiger partial charge in [0.2, 0.25) is 0 Å². The lowest BCUT2D eigenvalue weighted by atomic mass is 10.2. The molecule has 17 heavy (non-hydrogen) atoms. The van der Waals surface area contributed by atoms with Gasteiger partial charge in [0.1, 0.15) is 0 Å². The van der Waals surface area contributed by atoms with E-state index < -0.39 is 12.1 Å². The maximum Gasteiger partial charge on any atom is 0.411 e. The SMILES string of the molecule is CCOC(=O)Nc1ccc(C(=O)OC)cc1N. The Kier molecular flexibility index (Phi) is 4.33. The third-order valence-corrected chi connectivity index (χ3v) is 1.98. The van der Waals surface area contributed by atoms with Crippen molar-refractivity contribution in [2.45, 2.75) is 6.92 Å². The molecule has 0 heterocycles. The molecular weight excluding hydrogens is 224 g/mol. The van der Waals surface area contributed by atoms with Gasteiger partial charge in [-0.25, -0.2) is 9.59 Å². The van der Waals surface area contributed by atoms with Crippen molar-refractivity contribution in [3.63, 3.8) is 0 Å². The second-order valence-electron chi connectivity index (χ2n) is 3.14. The summed E-state index contributed by atoms with van der Waals surface area (Å²) in [5, 5.41) is 2.46. The van der Waals surface area contributed by atoms with E-state index in [9.17, 15) is 9.59 Å². The molecule has 0 atom stereocenters. The smallest absolute Gasteiger partial charge is 0.411 e. The van der Waals surface area contributed by atoms with Crippen LogP contribution in [-0.4, -0.2) is 25.8 Å². The first-order chi connectivity index (χ1) is 8.08. The first-order valence-corrected chi connectivity index (χ1v) is 5.00. The van der Waals surface area contributed by atoms with Gasteiger partial charge in [-0.15, -0.1) is 0 Å². The quantitative estimate of drug-likeness (QED) is 0.616. The molecule has 6 heteroatoms. The number of methoxy groups -OCH3 is 1. The molecular formula is C11H14N2O4. The number of carbonyl (C=O) groups is 2. The van der Waals surface area contributed by atoms with Crippen LogP contribution in [0.2, 0.25) is 0 Å². The standard InChI is InChI=1S/C11H14N2O4/c1-3-17-11(15)13-9-5-4-7(6-8(9)12)10(14)16-2/h4-6H,3,12H2,1-2H3,(H,13,15). The van der Waals surface area contributed by atoms with Crippen LogP contribution in [-0.2, 0) is 9.47 Å². The van der Waals surface area contributed by atoms with Crippen LogP contribution in [0.3, 0.4) is 0 Å². The zero-order chi connectivity index (χ0) is 12.8. The van der Waals surface area contributed by atoms with Gasteiger partial charge in [-0.2, -0.15) is 0 Å². The Balaban J connectivity index is 2.83. The molecule has 1 amide bonds. The Labute approximate surface area is 98.7 Å². The van der Waals surface area contributed by atoms with Crippen LogP contribution in [0.5, 0.6) is 0 Å². The fourth-order valence-electron chi connectivity index (χ4n) is 1.20. The number of ether oxygens (including phenoxy) is 2. The number of hydrogen-bond acceptors (Lipinski definition) is 5. The average Bonchev–Trinajstić information content (AvgIpc) is 2.31. The van der Waals surface area contributed by atoms with Gasteiger partial charge >= 0.3 is 12.1 Å². The number of benzene rings is 1. The van der Waals surface area contributed by atoms with E-state index in [1.165, 1.54) is 25.3 Å². The van der Waals surface area contributed by atoms with Crippen molar-refractivity contribution in [1.29, 1.82) is 0 Å². The summed E-state index contributed by atoms with van der Waals surface area (Å²) in [5.41, 5.74) is 6.65. The molecule has 0 radical (unpaired) electrons. The minimum Gasteiger partial charge on any atom is -0.465 e. The number of nitrogen functional groups attached to an aromatic ring is 1. The molecule has 1 aromatic carbocycles. The highest BCUT2D eigenvalue weighted by Crippen LogP contribution is 2.20. The van der Waals surface area contributed by atoms with Gasteiger partial charge in [-0.05, 0) is 25.1 Å². The lowest BCUT2D eigenvalue weighted by Crippen LogP contribution is -2.14. The number of hydrogen-bond donors (Lipinski definition) is 2. The Bertz CT molecular complexity index is 431. The van der Waals surface area contributed by atoms with Gasteiger partial charge < -0.3 is 15.2 Å². The first kappa shape index (κ1) is 12.8. The number of esters is 1. The summed E-state index contributed by atoms with van der Waals surface area (Å²) in [6.45, 7) is 1.97. The maximum absolute atomic E-state index is 11.2. The molecule has 0 spiro atoms. The lowest BCUT2D eigenvalue weighted by molar-refractivity contribution is 0.0601. The number of amides is 1. The monoisotopic (exact) mass is 238 g/mol. The minimum absolute atomic E-state index is 0.265. The Morgan fingerprint density at radius 3 is 2.65 bits per heavy atom. The summed E-state index contributed by atoms with van der Waals surface area (Å²) < 4.78 is 9.25. The van der Waals surface area contributed by atoms with Gasteiger partial charge in [0.15, 0.2) is 0 Å². The van der Waals surface area contributed by atoms with Crippen molar-refractivity contribution in [3.8, 4) is 0 Å². The zero-order valence-electron chi connectivity index (χ0n) is 9.65. The van der Waals surface area contributed by atoms with Crippen molar-refractivity contribution in [2.24, 2.45) is 0 Å². The first-order valence-electron chi connectivity index (χ1n) is 5.00. The molecule has 0 bridgehead atoms. The fraction of sp³-hybridized carbons (Fsp3) is 0.273. The maximum atomic E-state index is 11.2. The highest BCUT2D eigenvalue weighted by Gasteiger charge is 2.10. The fourth-order valence-corrected chi connectivity index (χ4v) is 1.20. The molecule has 0 aliphatic rings. The highest BCUT2D eigenvalue weighted by molar-refractivity contribution is 5.94. The summed E-state index contributed by atoms with van der Waals surface area (Å²) in [7, 11) is 1.28. The van der Waals surface area contributed by atoms with Gasteiger partial charge in [0, 0.05) is 0 Å². The highest BCUT2D eigenvalue weighted by atomic mass is 16.5. The van der Waals surface area contributed by atoms with E-state index in [0.717, 1.165) is 0 Å². The molecule has 1 rings (SSSR count). The molecule has 0 aliphatic heterocycles. The van der Waals surface area contributed by atoms with E-state index in [0.29, 0.717) is 11.3 Å². The summed E-state index contributed by atoms with van der Waals surface area (Å²) >= 11 is 0. The van der Waals surface area contributed by atoms with Crippen LogP contribution in [0.4, 0.5) is 16.2 Å². The van der Waals surface area contributed by atoms with Crippen LogP contribution < -0.4 is 11.1 Å². The van der Waals surface area contributed by atoms with Gasteiger partial charge in [-0.1, -0.05) is 0 Å². The third-order valence-electron chi connectivity index (χ3n) is 1.98. The van der Waals surface area contributed by atoms with Crippen LogP contribution in [0.15, 0.2) is 18.2 Å². The number of nitrogens with one attached hydrogen (secondary N) is 1. The van der Waals surface area contributed by atoms with Crippen LogP contribution in [0.1, 0.15) is 17.3 Å². The lowest BCUT2D eigenvalue weighted by Gasteiger charge is -2.09.